The number of ketones is 3. The van der Waals surface area contributed by atoms with Crippen LogP contribution in [0.1, 0.15) is 178 Å². The fraction of sp³-hybridized carbons (Fsp3) is 0.389. The van der Waals surface area contributed by atoms with E-state index in [4.69, 9.17) is 70.8 Å². The van der Waals surface area contributed by atoms with Crippen molar-refractivity contribution in [1.82, 2.24) is 44.6 Å². The van der Waals surface area contributed by atoms with E-state index in [-0.39, 0.29) is 84.8 Å². The zero-order valence-corrected chi connectivity index (χ0v) is 81.6. The van der Waals surface area contributed by atoms with E-state index in [2.05, 4.69) is 37.9 Å². The lowest BCUT2D eigenvalue weighted by Crippen LogP contribution is -2.36. The Morgan fingerprint density at radius 2 is 0.752 bits per heavy atom. The van der Waals surface area contributed by atoms with Crippen LogP contribution in [0, 0.1) is 17.7 Å². The van der Waals surface area contributed by atoms with Gasteiger partial charge in [-0.1, -0.05) is 127 Å². The van der Waals surface area contributed by atoms with Gasteiger partial charge in [-0.3, -0.25) is 14.4 Å². The van der Waals surface area contributed by atoms with Crippen molar-refractivity contribution in [3.63, 3.8) is 0 Å². The molecular formula is C108H114Cl4F10N12O7. The molecule has 5 heterocycles. The zero-order chi connectivity index (χ0) is 99.8. The molecule has 0 spiro atoms. The van der Waals surface area contributed by atoms with Gasteiger partial charge in [0.1, 0.15) is 40.6 Å². The molecule has 2 saturated heterocycles. The van der Waals surface area contributed by atoms with E-state index in [1.807, 2.05) is 140 Å². The van der Waals surface area contributed by atoms with E-state index >= 15 is 0 Å². The number of morpholine rings is 2. The van der Waals surface area contributed by atoms with Gasteiger partial charge in [0.05, 0.1) is 110 Å². The topological polar surface area (TPSA) is 209 Å². The summed E-state index contributed by atoms with van der Waals surface area (Å²) in [5.74, 6) is 1.89. The zero-order valence-electron chi connectivity index (χ0n) is 78.6. The van der Waals surface area contributed by atoms with Crippen LogP contribution in [0.4, 0.5) is 61.0 Å². The summed E-state index contributed by atoms with van der Waals surface area (Å²) in [4.78, 5) is 58.3. The molecule has 3 aromatic heterocycles. The average molecular weight is 2020 g/mol. The second-order valence-corrected chi connectivity index (χ2v) is 38.5. The number of nitrogens with one attached hydrogen (secondary N) is 3. The first-order valence-electron chi connectivity index (χ1n) is 47.8. The Labute approximate surface area is 832 Å². The van der Waals surface area contributed by atoms with Crippen LogP contribution >= 0.6 is 46.4 Å². The number of Topliss-reactive ketones (excluding diaryl/α,β-unsaturated/α-hetero) is 3. The number of aliphatic hydroxyl groups is 2. The monoisotopic (exact) mass is 2020 g/mol. The first-order valence-corrected chi connectivity index (χ1v) is 49.3. The number of fused-ring (bicyclic) bond motifs is 3. The molecule has 4 fully saturated rings. The molecule has 0 radical (unpaired) electrons. The summed E-state index contributed by atoms with van der Waals surface area (Å²) in [6.07, 6.45) is -0.641. The molecule has 2 saturated carbocycles. The maximum Gasteiger partial charge on any atom is 0.419 e. The van der Waals surface area contributed by atoms with Gasteiger partial charge in [-0.2, -0.15) is 39.5 Å². The van der Waals surface area contributed by atoms with Crippen LogP contribution in [-0.4, -0.2) is 148 Å². The summed E-state index contributed by atoms with van der Waals surface area (Å²) >= 11 is 24.1. The number of imidazole rings is 3. The fourth-order valence-electron chi connectivity index (χ4n) is 19.2. The minimum atomic E-state index is -4.77. The summed E-state index contributed by atoms with van der Waals surface area (Å²) in [5.41, 5.74) is 11.4. The van der Waals surface area contributed by atoms with Crippen LogP contribution in [0.15, 0.2) is 200 Å². The van der Waals surface area contributed by atoms with Gasteiger partial charge in [0.2, 0.25) is 0 Å². The van der Waals surface area contributed by atoms with Gasteiger partial charge in [-0.05, 0) is 268 Å². The lowest BCUT2D eigenvalue weighted by Gasteiger charge is -2.28. The molecule has 0 bridgehead atoms. The van der Waals surface area contributed by atoms with E-state index in [9.17, 15) is 68.5 Å². The van der Waals surface area contributed by atoms with E-state index < -0.39 is 41.0 Å². The highest BCUT2D eigenvalue weighted by Gasteiger charge is 2.37. The summed E-state index contributed by atoms with van der Waals surface area (Å²) in [6.45, 7) is 13.7. The highest BCUT2D eigenvalue weighted by molar-refractivity contribution is 6.42. The van der Waals surface area contributed by atoms with Crippen LogP contribution in [0.2, 0.25) is 20.1 Å². The van der Waals surface area contributed by atoms with Crippen LogP contribution < -0.4 is 30.7 Å². The smallest absolute Gasteiger partial charge is 0.395 e. The van der Waals surface area contributed by atoms with Gasteiger partial charge in [0, 0.05) is 137 Å². The van der Waals surface area contributed by atoms with Crippen molar-refractivity contribution >= 4 is 114 Å². The molecule has 5 N–H and O–H groups in total. The number of ether oxygens (including phenoxy) is 2. The minimum absolute atomic E-state index is 0.0160. The number of carbonyl (C=O) groups excluding carboxylic acids is 3. The molecule has 0 amide bonds. The van der Waals surface area contributed by atoms with Crippen molar-refractivity contribution < 1.29 is 78.0 Å². The predicted molar refractivity (Wildman–Crippen MR) is 536 cm³/mol. The third kappa shape index (κ3) is 27.2. The van der Waals surface area contributed by atoms with E-state index in [0.717, 1.165) is 131 Å². The number of benzene rings is 10. The molecule has 746 valence electrons. The van der Waals surface area contributed by atoms with Gasteiger partial charge in [-0.15, -0.1) is 0 Å². The number of rotatable bonds is 34. The quantitative estimate of drug-likeness (QED) is 0.0238. The summed E-state index contributed by atoms with van der Waals surface area (Å²) in [5, 5.41) is 29.9. The van der Waals surface area contributed by atoms with Crippen LogP contribution in [0.25, 0.3) is 67.3 Å². The van der Waals surface area contributed by atoms with Crippen LogP contribution in [0.5, 0.6) is 0 Å². The lowest BCUT2D eigenvalue weighted by atomic mass is 9.89. The van der Waals surface area contributed by atoms with Crippen molar-refractivity contribution in [2.75, 3.05) is 107 Å². The molecule has 2 aliphatic heterocycles. The molecule has 3 unspecified atom stereocenters. The van der Waals surface area contributed by atoms with Gasteiger partial charge in [0.25, 0.3) is 0 Å². The Bertz CT molecular complexity index is 6470. The molecule has 33 heteroatoms. The fourth-order valence-corrected chi connectivity index (χ4v) is 20.0. The Morgan fingerprint density at radius 1 is 0.404 bits per heavy atom. The highest BCUT2D eigenvalue weighted by atomic mass is 35.5. The van der Waals surface area contributed by atoms with Gasteiger partial charge in [0.15, 0.2) is 0 Å². The SMILES string of the molecule is CC(=O)CC(NCC1CCCCC1)c1ccc2c(c1)nc(-c1ccc(N3CCOCC3)cc1)n2Cc1ccc(C(F)(F)F)c(F)c1.CC(=O)CC(NCC1CCCCC1)c1ccc2c(c1)nc(-c1ccc(N3CCOCC3)cc1)n2Cc1ccc(Cl)c(C(F)(F)F)c1.CC(=O)CC(NCc1ccc(Cl)c(Cl)c1)c1ccc2c(c1)nc(-c1ccc(N(CCO)CCO)cc1)n2Cc1ccc(Cl)c(C(F)(F)F)c1. The predicted octanol–water partition coefficient (Wildman–Crippen LogP) is 24.7. The first kappa shape index (κ1) is 105. The molecule has 19 nitrogen and oxygen atoms in total. The molecule has 17 rings (SSSR count). The van der Waals surface area contributed by atoms with Gasteiger partial charge in [-0.25, -0.2) is 19.3 Å². The number of alkyl halides is 9. The second kappa shape index (κ2) is 47.6. The largest absolute Gasteiger partial charge is 0.419 e. The third-order valence-electron chi connectivity index (χ3n) is 26.6. The second-order valence-electron chi connectivity index (χ2n) is 36.8. The van der Waals surface area contributed by atoms with Crippen LogP contribution in [-0.2, 0) is 68.6 Å². The first-order chi connectivity index (χ1) is 67.7. The molecule has 13 aromatic rings. The summed E-state index contributed by atoms with van der Waals surface area (Å²) in [7, 11) is 0. The number of nitrogens with zero attached hydrogens (tertiary/aromatic N) is 9. The molecule has 141 heavy (non-hydrogen) atoms. The number of hydrogen-bond acceptors (Lipinski definition) is 16. The van der Waals surface area contributed by atoms with Crippen molar-refractivity contribution in [3.8, 4) is 34.2 Å². The Hall–Kier alpha value is -10.8. The summed E-state index contributed by atoms with van der Waals surface area (Å²) in [6, 6.07) is 56.7. The molecule has 3 atom stereocenters. The number of halogens is 14. The van der Waals surface area contributed by atoms with Crippen molar-refractivity contribution in [3.05, 3.63) is 282 Å². The number of anilines is 3. The Morgan fingerprint density at radius 3 is 1.11 bits per heavy atom. The molecular weight excluding hydrogens is 1910 g/mol. The minimum Gasteiger partial charge on any atom is -0.395 e. The number of aliphatic hydroxyl groups excluding tert-OH is 2. The van der Waals surface area contributed by atoms with Crippen molar-refractivity contribution in [2.45, 2.75) is 167 Å². The number of carbonyl (C=O) groups is 3. The highest BCUT2D eigenvalue weighted by Crippen LogP contribution is 2.43. The van der Waals surface area contributed by atoms with E-state index in [1.165, 1.54) is 89.3 Å². The Balaban J connectivity index is 0.000000160. The maximum atomic E-state index is 14.6. The van der Waals surface area contributed by atoms with E-state index in [1.54, 1.807) is 38.1 Å². The van der Waals surface area contributed by atoms with Gasteiger partial charge < -0.3 is 64.0 Å². The summed E-state index contributed by atoms with van der Waals surface area (Å²) < 4.78 is 154. The standard InChI is InChI=1S/C36H34Cl3F3N4O3.C36H40ClF3N4O2.C36H40F4N4O2/c1-22(49)16-32(43-20-23-2-10-30(38)31(39)18-23)26-6-11-34-33(19-26)44-35(25-4-7-27(8-5-25)45(12-14-47)13-15-48)46(34)21-24-3-9-29(37)28(17-24)36(40,41)42;1-24(45)19-32(41-22-25-5-3-2-4-6-25)28-10-14-34-33(21-28)42-35(27-8-11-29(12-9-27)43-15-17-46-18-16-43)44(34)23-26-7-13-31(37)30(20-26)36(38,39)40;1-24(45)19-32(41-22-25-5-3-2-4-6-25)28-10-14-34-33(21-28)42-35(27-8-11-29(12-9-27)43-15-17-46-18-16-43)44(34)23-26-7-13-30(31(37)20-26)36(38,39)40/h2-11,17-19,32,43,47-48H,12-16,20-21H2,1H3;2*7-14,20-21,25,32,41H,2-6,15-19,22-23H2,1H3. The average Bonchev–Trinajstić information content (AvgIpc) is 1.62. The van der Waals surface area contributed by atoms with E-state index in [0.29, 0.717) is 137 Å². The number of hydrogen-bond donors (Lipinski definition) is 5. The van der Waals surface area contributed by atoms with Gasteiger partial charge >= 0.3 is 18.5 Å². The van der Waals surface area contributed by atoms with Crippen LogP contribution in [0.3, 0.4) is 0 Å². The maximum absolute atomic E-state index is 14.6. The lowest BCUT2D eigenvalue weighted by molar-refractivity contribution is -0.140. The third-order valence-corrected chi connectivity index (χ3v) is 28.0. The Kier molecular flexibility index (Phi) is 35.3. The van der Waals surface area contributed by atoms with Crippen molar-refractivity contribution in [2.24, 2.45) is 11.8 Å². The number of aromatic nitrogens is 6. The van der Waals surface area contributed by atoms with Crippen molar-refractivity contribution in [1.29, 1.82) is 0 Å². The molecule has 10 aromatic carbocycles. The molecule has 2 aliphatic carbocycles. The molecule has 4 aliphatic rings. The normalized spacial score (nSPS) is 15.4.